The second-order valence-corrected chi connectivity index (χ2v) is 6.21. The molecule has 4 nitrogen and oxygen atoms in total. The highest BCUT2D eigenvalue weighted by molar-refractivity contribution is 5.95. The Labute approximate surface area is 146 Å². The second kappa shape index (κ2) is 6.40. The highest BCUT2D eigenvalue weighted by Gasteiger charge is 2.11. The molecule has 0 fully saturated rings. The van der Waals surface area contributed by atoms with Crippen molar-refractivity contribution < 1.29 is 4.79 Å². The van der Waals surface area contributed by atoms with E-state index in [0.717, 1.165) is 17.6 Å². The number of aromatic nitrogens is 2. The first-order valence-corrected chi connectivity index (χ1v) is 8.40. The topological polar surface area (TPSA) is 46.4 Å². The zero-order valence-electron chi connectivity index (χ0n) is 14.1. The van der Waals surface area contributed by atoms with Crippen molar-refractivity contribution in [2.45, 2.75) is 13.3 Å². The van der Waals surface area contributed by atoms with Crippen molar-refractivity contribution in [2.24, 2.45) is 0 Å². The summed E-state index contributed by atoms with van der Waals surface area (Å²) in [6, 6.07) is 18.5. The molecule has 2 heterocycles. The van der Waals surface area contributed by atoms with Gasteiger partial charge in [0, 0.05) is 12.2 Å². The number of nitrogens with zero attached hydrogens (tertiary/aromatic N) is 2. The molecular formula is C21H19N3O. The molecule has 0 aliphatic heterocycles. The van der Waals surface area contributed by atoms with Crippen LogP contribution in [0.4, 0.5) is 0 Å². The van der Waals surface area contributed by atoms with Crippen LogP contribution in [0.15, 0.2) is 67.1 Å². The molecule has 0 saturated heterocycles. The van der Waals surface area contributed by atoms with E-state index in [1.54, 1.807) is 12.5 Å². The Balaban J connectivity index is 1.44. The van der Waals surface area contributed by atoms with Gasteiger partial charge in [0.05, 0.1) is 23.6 Å². The number of rotatable bonds is 4. The second-order valence-electron chi connectivity index (χ2n) is 6.21. The fourth-order valence-electron chi connectivity index (χ4n) is 3.18. The van der Waals surface area contributed by atoms with Crippen LogP contribution in [-0.4, -0.2) is 21.8 Å². The molecule has 4 aromatic rings. The van der Waals surface area contributed by atoms with Crippen LogP contribution in [0, 0.1) is 6.92 Å². The summed E-state index contributed by atoms with van der Waals surface area (Å²) in [5.41, 5.74) is 3.80. The third-order valence-corrected chi connectivity index (χ3v) is 4.60. The van der Waals surface area contributed by atoms with Crippen LogP contribution in [0.25, 0.3) is 16.3 Å². The van der Waals surface area contributed by atoms with Crippen LogP contribution in [-0.2, 0) is 6.42 Å². The quantitative estimate of drug-likeness (QED) is 0.619. The van der Waals surface area contributed by atoms with Crippen molar-refractivity contribution in [3.63, 3.8) is 0 Å². The predicted octanol–water partition coefficient (Wildman–Crippen LogP) is 3.77. The van der Waals surface area contributed by atoms with Gasteiger partial charge >= 0.3 is 0 Å². The zero-order chi connectivity index (χ0) is 17.2. The Morgan fingerprint density at radius 2 is 1.92 bits per heavy atom. The Hall–Kier alpha value is -3.14. The molecule has 0 radical (unpaired) electrons. The third kappa shape index (κ3) is 2.98. The number of benzene rings is 2. The molecular weight excluding hydrogens is 310 g/mol. The van der Waals surface area contributed by atoms with Crippen molar-refractivity contribution in [1.29, 1.82) is 0 Å². The van der Waals surface area contributed by atoms with Gasteiger partial charge in [-0.25, -0.2) is 4.98 Å². The third-order valence-electron chi connectivity index (χ3n) is 4.60. The summed E-state index contributed by atoms with van der Waals surface area (Å²) in [5.74, 6) is -0.0473. The van der Waals surface area contributed by atoms with Crippen molar-refractivity contribution in [3.8, 4) is 0 Å². The van der Waals surface area contributed by atoms with Gasteiger partial charge in [0.15, 0.2) is 0 Å². The molecule has 2 aromatic heterocycles. The van der Waals surface area contributed by atoms with Crippen LogP contribution in [0.1, 0.15) is 21.6 Å². The molecule has 4 rings (SSSR count). The summed E-state index contributed by atoms with van der Waals surface area (Å²) < 4.78 is 1.93. The first-order valence-electron chi connectivity index (χ1n) is 8.40. The number of carbonyl (C=O) groups is 1. The Morgan fingerprint density at radius 3 is 2.80 bits per heavy atom. The lowest BCUT2D eigenvalue weighted by Gasteiger charge is -2.10. The number of pyridine rings is 1. The molecule has 0 aliphatic carbocycles. The Kier molecular flexibility index (Phi) is 3.94. The van der Waals surface area contributed by atoms with Crippen molar-refractivity contribution in [3.05, 3.63) is 83.9 Å². The molecule has 0 atom stereocenters. The van der Waals surface area contributed by atoms with E-state index in [9.17, 15) is 4.79 Å². The Morgan fingerprint density at radius 1 is 1.08 bits per heavy atom. The van der Waals surface area contributed by atoms with Gasteiger partial charge in [-0.1, -0.05) is 42.5 Å². The van der Waals surface area contributed by atoms with Gasteiger partial charge in [0.2, 0.25) is 0 Å². The zero-order valence-corrected chi connectivity index (χ0v) is 14.1. The minimum absolute atomic E-state index is 0.0473. The van der Waals surface area contributed by atoms with Crippen molar-refractivity contribution in [2.75, 3.05) is 6.54 Å². The van der Waals surface area contributed by atoms with Gasteiger partial charge in [0.25, 0.3) is 5.91 Å². The highest BCUT2D eigenvalue weighted by Crippen LogP contribution is 2.16. The monoisotopic (exact) mass is 329 g/mol. The summed E-state index contributed by atoms with van der Waals surface area (Å²) in [6.45, 7) is 2.55. The molecule has 2 aromatic carbocycles. The maximum atomic E-state index is 12.5. The fraction of sp³-hybridized carbons (Fsp3) is 0.143. The van der Waals surface area contributed by atoms with Crippen LogP contribution in [0.5, 0.6) is 0 Å². The SMILES string of the molecule is Cc1c(C(=O)NCCc2ccc3ccccc3c2)ccc2cncn12. The number of hydrogen-bond acceptors (Lipinski definition) is 2. The average Bonchev–Trinajstić information content (AvgIpc) is 3.11. The largest absolute Gasteiger partial charge is 0.352 e. The minimum atomic E-state index is -0.0473. The lowest BCUT2D eigenvalue weighted by molar-refractivity contribution is 0.0953. The smallest absolute Gasteiger partial charge is 0.253 e. The number of fused-ring (bicyclic) bond motifs is 2. The number of aryl methyl sites for hydroxylation is 1. The molecule has 4 heteroatoms. The lowest BCUT2D eigenvalue weighted by Crippen LogP contribution is -2.26. The van der Waals surface area contributed by atoms with Gasteiger partial charge in [-0.3, -0.25) is 4.79 Å². The van der Waals surface area contributed by atoms with Gasteiger partial charge in [-0.05, 0) is 41.8 Å². The lowest BCUT2D eigenvalue weighted by atomic mass is 10.1. The predicted molar refractivity (Wildman–Crippen MR) is 99.9 cm³/mol. The van der Waals surface area contributed by atoms with Crippen LogP contribution >= 0.6 is 0 Å². The molecule has 124 valence electrons. The van der Waals surface area contributed by atoms with Gasteiger partial charge < -0.3 is 9.72 Å². The minimum Gasteiger partial charge on any atom is -0.352 e. The van der Waals surface area contributed by atoms with E-state index in [2.05, 4.69) is 40.6 Å². The molecule has 0 bridgehead atoms. The molecule has 25 heavy (non-hydrogen) atoms. The number of hydrogen-bond donors (Lipinski definition) is 1. The van der Waals surface area contributed by atoms with Gasteiger partial charge in [0.1, 0.15) is 0 Å². The molecule has 1 amide bonds. The number of carbonyl (C=O) groups excluding carboxylic acids is 1. The van der Waals surface area contributed by atoms with Crippen molar-refractivity contribution >= 4 is 22.2 Å². The summed E-state index contributed by atoms with van der Waals surface area (Å²) in [4.78, 5) is 16.6. The van der Waals surface area contributed by atoms with Crippen molar-refractivity contribution in [1.82, 2.24) is 14.7 Å². The van der Waals surface area contributed by atoms with Crippen LogP contribution in [0.2, 0.25) is 0 Å². The van der Waals surface area contributed by atoms with E-state index >= 15 is 0 Å². The molecule has 1 N–H and O–H groups in total. The van der Waals surface area contributed by atoms with E-state index in [4.69, 9.17) is 0 Å². The van der Waals surface area contributed by atoms with E-state index in [1.165, 1.54) is 16.3 Å². The van der Waals surface area contributed by atoms with Gasteiger partial charge in [-0.2, -0.15) is 0 Å². The first-order chi connectivity index (χ1) is 12.2. The molecule has 0 aliphatic rings. The molecule has 0 unspecified atom stereocenters. The standard InChI is InChI=1S/C21H19N3O/c1-15-20(9-8-19-13-22-14-24(15)19)21(25)23-11-10-16-6-7-17-4-2-3-5-18(17)12-16/h2-9,12-14H,10-11H2,1H3,(H,23,25). The van der Waals surface area contributed by atoms with E-state index in [-0.39, 0.29) is 5.91 Å². The maximum Gasteiger partial charge on any atom is 0.253 e. The average molecular weight is 329 g/mol. The number of imidazole rings is 1. The van der Waals surface area contributed by atoms with E-state index in [1.807, 2.05) is 35.6 Å². The maximum absolute atomic E-state index is 12.5. The fourth-order valence-corrected chi connectivity index (χ4v) is 3.18. The first kappa shape index (κ1) is 15.4. The molecule has 0 spiro atoms. The number of amides is 1. The number of nitrogens with one attached hydrogen (secondary N) is 1. The summed E-state index contributed by atoms with van der Waals surface area (Å²) in [6.07, 6.45) is 4.33. The van der Waals surface area contributed by atoms with E-state index in [0.29, 0.717) is 12.1 Å². The summed E-state index contributed by atoms with van der Waals surface area (Å²) in [5, 5.41) is 5.49. The summed E-state index contributed by atoms with van der Waals surface area (Å²) >= 11 is 0. The van der Waals surface area contributed by atoms with E-state index < -0.39 is 0 Å². The van der Waals surface area contributed by atoms with Crippen LogP contribution in [0.3, 0.4) is 0 Å². The summed E-state index contributed by atoms with van der Waals surface area (Å²) in [7, 11) is 0. The molecule has 0 saturated carbocycles. The normalized spacial score (nSPS) is 11.1. The van der Waals surface area contributed by atoms with Gasteiger partial charge in [-0.15, -0.1) is 0 Å². The highest BCUT2D eigenvalue weighted by atomic mass is 16.1. The Bertz CT molecular complexity index is 1070. The van der Waals surface area contributed by atoms with Crippen LogP contribution < -0.4 is 5.32 Å².